The van der Waals surface area contributed by atoms with E-state index in [1.165, 1.54) is 18.2 Å². The molecule has 0 saturated heterocycles. The van der Waals surface area contributed by atoms with Gasteiger partial charge in [-0.1, -0.05) is 42.5 Å². The summed E-state index contributed by atoms with van der Waals surface area (Å²) in [6.45, 7) is 0. The van der Waals surface area contributed by atoms with Crippen molar-refractivity contribution < 1.29 is 19.4 Å². The van der Waals surface area contributed by atoms with Crippen molar-refractivity contribution in [1.82, 2.24) is 0 Å². The van der Waals surface area contributed by atoms with Gasteiger partial charge in [0.1, 0.15) is 5.75 Å². The van der Waals surface area contributed by atoms with Crippen LogP contribution in [0.4, 0.5) is 0 Å². The van der Waals surface area contributed by atoms with E-state index in [2.05, 4.69) is 15.9 Å². The molecule has 0 amide bonds. The van der Waals surface area contributed by atoms with Crippen molar-refractivity contribution in [1.29, 1.82) is 0 Å². The molecule has 3 aromatic rings. The first-order valence-corrected chi connectivity index (χ1v) is 8.04. The van der Waals surface area contributed by atoms with Gasteiger partial charge in [0.2, 0.25) is 0 Å². The molecule has 0 aromatic heterocycles. The second-order valence-corrected chi connectivity index (χ2v) is 6.09. The largest absolute Gasteiger partial charge is 0.478 e. The normalized spacial score (nSPS) is 10.5. The first kappa shape index (κ1) is 16.2. The number of carboxylic acid groups (broad SMARTS) is 1. The molecule has 0 aliphatic carbocycles. The first-order valence-electron chi connectivity index (χ1n) is 7.25. The summed E-state index contributed by atoms with van der Waals surface area (Å²) in [5.41, 5.74) is 1.01. The number of rotatable bonds is 4. The molecule has 24 heavy (non-hydrogen) atoms. The number of fused-ring (bicyclic) bond motifs is 1. The Bertz CT molecular complexity index is 928. The highest BCUT2D eigenvalue weighted by atomic mass is 79.9. The zero-order chi connectivity index (χ0) is 17.1. The van der Waals surface area contributed by atoms with Crippen LogP contribution in [-0.2, 0) is 11.2 Å². The van der Waals surface area contributed by atoms with Gasteiger partial charge in [-0.3, -0.25) is 4.79 Å². The maximum atomic E-state index is 12.2. The molecule has 0 heterocycles. The minimum Gasteiger partial charge on any atom is -0.478 e. The van der Waals surface area contributed by atoms with Gasteiger partial charge >= 0.3 is 11.9 Å². The topological polar surface area (TPSA) is 63.6 Å². The first-order chi connectivity index (χ1) is 11.5. The van der Waals surface area contributed by atoms with Gasteiger partial charge < -0.3 is 9.84 Å². The van der Waals surface area contributed by atoms with E-state index >= 15 is 0 Å². The smallest absolute Gasteiger partial charge is 0.335 e. The van der Waals surface area contributed by atoms with Crippen molar-refractivity contribution in [2.45, 2.75) is 6.42 Å². The third-order valence-corrected chi connectivity index (χ3v) is 4.24. The fraction of sp³-hybridized carbons (Fsp3) is 0.0526. The Morgan fingerprint density at radius 2 is 1.75 bits per heavy atom. The maximum Gasteiger partial charge on any atom is 0.335 e. The quantitative estimate of drug-likeness (QED) is 0.533. The molecule has 1 N–H and O–H groups in total. The van der Waals surface area contributed by atoms with E-state index in [4.69, 9.17) is 9.84 Å². The number of carboxylic acids is 1. The zero-order valence-electron chi connectivity index (χ0n) is 12.5. The summed E-state index contributed by atoms with van der Waals surface area (Å²) in [4.78, 5) is 23.2. The van der Waals surface area contributed by atoms with E-state index in [0.29, 0.717) is 10.2 Å². The van der Waals surface area contributed by atoms with Crippen molar-refractivity contribution >= 4 is 38.6 Å². The maximum absolute atomic E-state index is 12.2. The molecular weight excluding hydrogens is 372 g/mol. The van der Waals surface area contributed by atoms with E-state index in [-0.39, 0.29) is 12.0 Å². The van der Waals surface area contributed by atoms with E-state index in [0.717, 1.165) is 16.3 Å². The van der Waals surface area contributed by atoms with Crippen molar-refractivity contribution in [3.05, 3.63) is 76.3 Å². The van der Waals surface area contributed by atoms with Crippen LogP contribution in [0, 0.1) is 0 Å². The van der Waals surface area contributed by atoms with Gasteiger partial charge in [-0.2, -0.15) is 0 Å². The lowest BCUT2D eigenvalue weighted by atomic mass is 10.0. The van der Waals surface area contributed by atoms with Crippen molar-refractivity contribution in [3.63, 3.8) is 0 Å². The Morgan fingerprint density at radius 3 is 2.50 bits per heavy atom. The van der Waals surface area contributed by atoms with Crippen LogP contribution in [-0.4, -0.2) is 17.0 Å². The van der Waals surface area contributed by atoms with E-state index < -0.39 is 11.9 Å². The molecule has 0 fully saturated rings. The molecule has 0 spiro atoms. The number of hydrogen-bond donors (Lipinski definition) is 1. The average Bonchev–Trinajstić information content (AvgIpc) is 2.57. The molecule has 0 atom stereocenters. The summed E-state index contributed by atoms with van der Waals surface area (Å²) >= 11 is 3.23. The number of ether oxygens (including phenoxy) is 1. The second kappa shape index (κ2) is 6.84. The molecular formula is C19H13BrO4. The third kappa shape index (κ3) is 3.46. The summed E-state index contributed by atoms with van der Waals surface area (Å²) < 4.78 is 5.78. The van der Waals surface area contributed by atoms with Gasteiger partial charge in [0.05, 0.1) is 16.5 Å². The van der Waals surface area contributed by atoms with Crippen LogP contribution in [0.2, 0.25) is 0 Å². The van der Waals surface area contributed by atoms with Crippen LogP contribution in [0.3, 0.4) is 0 Å². The van der Waals surface area contributed by atoms with Crippen LogP contribution in [0.25, 0.3) is 10.8 Å². The van der Waals surface area contributed by atoms with Gasteiger partial charge in [0.25, 0.3) is 0 Å². The summed E-state index contributed by atoms with van der Waals surface area (Å²) in [5.74, 6) is -1.15. The molecule has 3 aromatic carbocycles. The molecule has 4 nitrogen and oxygen atoms in total. The number of halogens is 1. The number of esters is 1. The molecule has 120 valence electrons. The summed E-state index contributed by atoms with van der Waals surface area (Å²) in [6, 6.07) is 17.9. The monoisotopic (exact) mass is 384 g/mol. The highest BCUT2D eigenvalue weighted by molar-refractivity contribution is 9.10. The fourth-order valence-electron chi connectivity index (χ4n) is 2.48. The van der Waals surface area contributed by atoms with Crippen molar-refractivity contribution in [2.75, 3.05) is 0 Å². The van der Waals surface area contributed by atoms with Crippen LogP contribution >= 0.6 is 15.9 Å². The van der Waals surface area contributed by atoms with Gasteiger partial charge in [-0.15, -0.1) is 0 Å². The predicted molar refractivity (Wildman–Crippen MR) is 94.4 cm³/mol. The molecule has 3 rings (SSSR count). The van der Waals surface area contributed by atoms with E-state index in [9.17, 15) is 9.59 Å². The van der Waals surface area contributed by atoms with Crippen LogP contribution < -0.4 is 4.74 Å². The summed E-state index contributed by atoms with van der Waals surface area (Å²) in [5, 5.41) is 11.0. The van der Waals surface area contributed by atoms with Gasteiger partial charge in [0, 0.05) is 0 Å². The van der Waals surface area contributed by atoms with Gasteiger partial charge in [-0.25, -0.2) is 4.79 Å². The predicted octanol–water partition coefficient (Wildman–Crippen LogP) is 4.45. The van der Waals surface area contributed by atoms with Crippen LogP contribution in [0.15, 0.2) is 65.1 Å². The fourth-order valence-corrected chi connectivity index (χ4v) is 2.94. The Labute approximate surface area is 146 Å². The Hall–Kier alpha value is -2.66. The molecule has 0 aliphatic heterocycles. The molecule has 0 saturated carbocycles. The highest BCUT2D eigenvalue weighted by Crippen LogP contribution is 2.27. The Balaban J connectivity index is 1.79. The number of carbonyl (C=O) groups is 2. The van der Waals surface area contributed by atoms with Crippen molar-refractivity contribution in [2.24, 2.45) is 0 Å². The average molecular weight is 385 g/mol. The molecule has 0 radical (unpaired) electrons. The minimum absolute atomic E-state index is 0.121. The van der Waals surface area contributed by atoms with E-state index in [1.54, 1.807) is 0 Å². The summed E-state index contributed by atoms with van der Waals surface area (Å²) in [7, 11) is 0. The minimum atomic E-state index is -1.04. The number of aromatic carboxylic acids is 1. The molecule has 0 bridgehead atoms. The van der Waals surface area contributed by atoms with Gasteiger partial charge in [-0.05, 0) is 50.5 Å². The van der Waals surface area contributed by atoms with Crippen molar-refractivity contribution in [3.8, 4) is 5.75 Å². The lowest BCUT2D eigenvalue weighted by Crippen LogP contribution is -2.12. The molecule has 0 aliphatic rings. The van der Waals surface area contributed by atoms with Crippen LogP contribution in [0.1, 0.15) is 15.9 Å². The standard InChI is InChI=1S/C19H13BrO4/c20-16-10-14(19(22)23)8-9-17(16)24-18(21)11-13-6-3-5-12-4-1-2-7-15(12)13/h1-10H,11H2,(H,22,23). The second-order valence-electron chi connectivity index (χ2n) is 5.24. The lowest BCUT2D eigenvalue weighted by molar-refractivity contribution is -0.133. The zero-order valence-corrected chi connectivity index (χ0v) is 14.1. The summed E-state index contributed by atoms with van der Waals surface area (Å²) in [6.07, 6.45) is 0.133. The number of benzene rings is 3. The highest BCUT2D eigenvalue weighted by Gasteiger charge is 2.13. The third-order valence-electron chi connectivity index (χ3n) is 3.62. The van der Waals surface area contributed by atoms with E-state index in [1.807, 2.05) is 42.5 Å². The Morgan fingerprint density at radius 1 is 1.00 bits per heavy atom. The molecule has 0 unspecified atom stereocenters. The molecule has 5 heteroatoms. The van der Waals surface area contributed by atoms with Crippen LogP contribution in [0.5, 0.6) is 5.75 Å². The number of hydrogen-bond acceptors (Lipinski definition) is 3. The van der Waals surface area contributed by atoms with Gasteiger partial charge in [0.15, 0.2) is 0 Å². The SMILES string of the molecule is O=C(Cc1cccc2ccccc12)Oc1ccc(C(=O)O)cc1Br. The lowest BCUT2D eigenvalue weighted by Gasteiger charge is -2.09. The number of carbonyl (C=O) groups excluding carboxylic acids is 1. The Kier molecular flexibility index (Phi) is 4.62.